The van der Waals surface area contributed by atoms with Crippen molar-refractivity contribution in [3.63, 3.8) is 0 Å². The number of alkyl halides is 3. The van der Waals surface area contributed by atoms with Crippen LogP contribution in [0.2, 0.25) is 0 Å². The van der Waals surface area contributed by atoms with Crippen LogP contribution in [-0.4, -0.2) is 9.55 Å². The van der Waals surface area contributed by atoms with Crippen molar-refractivity contribution in [3.05, 3.63) is 94.4 Å². The van der Waals surface area contributed by atoms with Crippen molar-refractivity contribution < 1.29 is 13.2 Å². The number of imidazole rings is 1. The van der Waals surface area contributed by atoms with Gasteiger partial charge in [0.1, 0.15) is 0 Å². The molecule has 1 heterocycles. The summed E-state index contributed by atoms with van der Waals surface area (Å²) in [5, 5.41) is 3.24. The molecule has 7 heteroatoms. The van der Waals surface area contributed by atoms with Gasteiger partial charge in [0.15, 0.2) is 0 Å². The van der Waals surface area contributed by atoms with Gasteiger partial charge in [0.2, 0.25) is 0 Å². The first-order valence-corrected chi connectivity index (χ1v) is 8.61. The summed E-state index contributed by atoms with van der Waals surface area (Å²) in [6.07, 6.45) is -4.42. The van der Waals surface area contributed by atoms with Crippen molar-refractivity contribution in [2.24, 2.45) is 0 Å². The predicted molar refractivity (Wildman–Crippen MR) is 103 cm³/mol. The highest BCUT2D eigenvalue weighted by Gasteiger charge is 2.30. The van der Waals surface area contributed by atoms with E-state index in [1.807, 2.05) is 36.4 Å². The zero-order chi connectivity index (χ0) is 19.7. The number of H-pyrrole nitrogens is 1. The monoisotopic (exact) mass is 383 g/mol. The van der Waals surface area contributed by atoms with E-state index < -0.39 is 11.7 Å². The summed E-state index contributed by atoms with van der Waals surface area (Å²) >= 11 is 0. The highest BCUT2D eigenvalue weighted by molar-refractivity contribution is 5.81. The van der Waals surface area contributed by atoms with Crippen LogP contribution in [0.1, 0.15) is 11.1 Å². The molecule has 0 aliphatic carbocycles. The first-order valence-electron chi connectivity index (χ1n) is 8.61. The molecule has 0 atom stereocenters. The van der Waals surface area contributed by atoms with E-state index in [4.69, 9.17) is 0 Å². The maximum atomic E-state index is 12.9. The largest absolute Gasteiger partial charge is 0.416 e. The molecule has 0 aliphatic heterocycles. The van der Waals surface area contributed by atoms with Crippen molar-refractivity contribution in [2.45, 2.75) is 12.7 Å². The van der Waals surface area contributed by atoms with Gasteiger partial charge in [0.05, 0.1) is 23.1 Å². The van der Waals surface area contributed by atoms with E-state index in [2.05, 4.69) is 10.3 Å². The molecular weight excluding hydrogens is 367 g/mol. The average molecular weight is 383 g/mol. The van der Waals surface area contributed by atoms with Crippen molar-refractivity contribution in [1.29, 1.82) is 0 Å². The van der Waals surface area contributed by atoms with E-state index in [0.29, 0.717) is 16.6 Å². The number of rotatable bonds is 4. The molecule has 3 aromatic carbocycles. The standard InChI is InChI=1S/C21H16F3N3O/c22-21(23,24)15-6-4-5-14(11-15)13-27-19-10-9-17(12-18(19)26-20(27)28)25-16-7-2-1-3-8-16/h1-12,25H,13H2,(H,26,28). The molecule has 0 unspecified atom stereocenters. The minimum Gasteiger partial charge on any atom is -0.355 e. The van der Waals surface area contributed by atoms with Crippen molar-refractivity contribution >= 4 is 22.4 Å². The van der Waals surface area contributed by atoms with Gasteiger partial charge in [-0.2, -0.15) is 13.2 Å². The number of aromatic nitrogens is 2. The van der Waals surface area contributed by atoms with E-state index in [1.165, 1.54) is 10.6 Å². The van der Waals surface area contributed by atoms with Crippen LogP contribution in [0.5, 0.6) is 0 Å². The Kier molecular flexibility index (Phi) is 4.43. The first-order chi connectivity index (χ1) is 13.4. The number of anilines is 2. The van der Waals surface area contributed by atoms with Gasteiger partial charge in [-0.3, -0.25) is 4.57 Å². The van der Waals surface area contributed by atoms with Gasteiger partial charge in [-0.25, -0.2) is 4.79 Å². The second-order valence-corrected chi connectivity index (χ2v) is 6.44. The topological polar surface area (TPSA) is 49.8 Å². The molecule has 2 N–H and O–H groups in total. The molecule has 1 aromatic heterocycles. The molecular formula is C21H16F3N3O. The lowest BCUT2D eigenvalue weighted by Gasteiger charge is -2.10. The number of nitrogens with zero attached hydrogens (tertiary/aromatic N) is 1. The summed E-state index contributed by atoms with van der Waals surface area (Å²) in [7, 11) is 0. The highest BCUT2D eigenvalue weighted by Crippen LogP contribution is 2.30. The second kappa shape index (κ2) is 6.92. The lowest BCUT2D eigenvalue weighted by Crippen LogP contribution is -2.17. The van der Waals surface area contributed by atoms with Gasteiger partial charge in [-0.05, 0) is 48.0 Å². The van der Waals surface area contributed by atoms with Crippen LogP contribution in [-0.2, 0) is 12.7 Å². The number of benzene rings is 3. The maximum absolute atomic E-state index is 12.9. The Morgan fingerprint density at radius 3 is 2.43 bits per heavy atom. The van der Waals surface area contributed by atoms with Crippen molar-refractivity contribution in [1.82, 2.24) is 9.55 Å². The van der Waals surface area contributed by atoms with Crippen LogP contribution in [0.3, 0.4) is 0 Å². The van der Waals surface area contributed by atoms with E-state index in [-0.39, 0.29) is 12.2 Å². The quantitative estimate of drug-likeness (QED) is 0.513. The number of para-hydroxylation sites is 1. The smallest absolute Gasteiger partial charge is 0.355 e. The fourth-order valence-corrected chi connectivity index (χ4v) is 3.12. The number of aromatic amines is 1. The van der Waals surface area contributed by atoms with Crippen LogP contribution in [0, 0.1) is 0 Å². The summed E-state index contributed by atoms with van der Waals surface area (Å²) in [6.45, 7) is 0.0498. The van der Waals surface area contributed by atoms with Gasteiger partial charge >= 0.3 is 11.9 Å². The number of hydrogen-bond acceptors (Lipinski definition) is 2. The first kappa shape index (κ1) is 17.9. The minimum atomic E-state index is -4.42. The summed E-state index contributed by atoms with van der Waals surface area (Å²) in [5.41, 5.74) is 2.25. The predicted octanol–water partition coefficient (Wildman–Crippen LogP) is 5.14. The Labute approximate surface area is 158 Å². The Morgan fingerprint density at radius 1 is 0.893 bits per heavy atom. The Hall–Kier alpha value is -3.48. The van der Waals surface area contributed by atoms with Gasteiger partial charge in [0, 0.05) is 11.4 Å². The fourth-order valence-electron chi connectivity index (χ4n) is 3.12. The maximum Gasteiger partial charge on any atom is 0.416 e. The van der Waals surface area contributed by atoms with Crippen LogP contribution in [0.25, 0.3) is 11.0 Å². The molecule has 0 aliphatic rings. The molecule has 0 bridgehead atoms. The lowest BCUT2D eigenvalue weighted by molar-refractivity contribution is -0.137. The number of nitrogens with one attached hydrogen (secondary N) is 2. The van der Waals surface area contributed by atoms with E-state index in [0.717, 1.165) is 23.5 Å². The Bertz CT molecular complexity index is 1180. The third-order valence-corrected chi connectivity index (χ3v) is 4.43. The summed E-state index contributed by atoms with van der Waals surface area (Å²) < 4.78 is 40.2. The zero-order valence-corrected chi connectivity index (χ0v) is 14.6. The third kappa shape index (κ3) is 3.64. The van der Waals surface area contributed by atoms with E-state index in [9.17, 15) is 18.0 Å². The molecule has 4 rings (SSSR count). The lowest BCUT2D eigenvalue weighted by atomic mass is 10.1. The fraction of sp³-hybridized carbons (Fsp3) is 0.0952. The highest BCUT2D eigenvalue weighted by atomic mass is 19.4. The molecule has 28 heavy (non-hydrogen) atoms. The van der Waals surface area contributed by atoms with Gasteiger partial charge in [-0.1, -0.05) is 30.3 Å². The molecule has 4 nitrogen and oxygen atoms in total. The van der Waals surface area contributed by atoms with Crippen molar-refractivity contribution in [3.8, 4) is 0 Å². The Balaban J connectivity index is 1.65. The number of hydrogen-bond donors (Lipinski definition) is 2. The molecule has 0 spiro atoms. The number of fused-ring (bicyclic) bond motifs is 1. The molecule has 0 radical (unpaired) electrons. The second-order valence-electron chi connectivity index (χ2n) is 6.44. The van der Waals surface area contributed by atoms with Crippen molar-refractivity contribution in [2.75, 3.05) is 5.32 Å². The molecule has 4 aromatic rings. The zero-order valence-electron chi connectivity index (χ0n) is 14.6. The van der Waals surface area contributed by atoms with E-state index in [1.54, 1.807) is 18.2 Å². The molecule has 0 fully saturated rings. The normalized spacial score (nSPS) is 11.7. The van der Waals surface area contributed by atoms with Crippen LogP contribution in [0.4, 0.5) is 24.5 Å². The van der Waals surface area contributed by atoms with Gasteiger partial charge in [-0.15, -0.1) is 0 Å². The SMILES string of the molecule is O=c1[nH]c2cc(Nc3ccccc3)ccc2n1Cc1cccc(C(F)(F)F)c1. The van der Waals surface area contributed by atoms with E-state index >= 15 is 0 Å². The third-order valence-electron chi connectivity index (χ3n) is 4.43. The van der Waals surface area contributed by atoms with Crippen LogP contribution in [0.15, 0.2) is 77.6 Å². The van der Waals surface area contributed by atoms with Gasteiger partial charge < -0.3 is 10.3 Å². The molecule has 0 amide bonds. The minimum absolute atomic E-state index is 0.0498. The summed E-state index contributed by atoms with van der Waals surface area (Å²) in [5.74, 6) is 0. The van der Waals surface area contributed by atoms with Crippen LogP contribution >= 0.6 is 0 Å². The molecule has 142 valence electrons. The average Bonchev–Trinajstić information content (AvgIpc) is 2.97. The van der Waals surface area contributed by atoms with Gasteiger partial charge in [0.25, 0.3) is 0 Å². The molecule has 0 saturated heterocycles. The molecule has 0 saturated carbocycles. The van der Waals surface area contributed by atoms with Crippen LogP contribution < -0.4 is 11.0 Å². The number of halogens is 3. The summed E-state index contributed by atoms with van der Waals surface area (Å²) in [4.78, 5) is 15.1. The Morgan fingerprint density at radius 2 is 1.68 bits per heavy atom. The summed E-state index contributed by atoms with van der Waals surface area (Å²) in [6, 6.07) is 20.0.